The highest BCUT2D eigenvalue weighted by atomic mass is 16.3. The van der Waals surface area contributed by atoms with Crippen LogP contribution in [0.1, 0.15) is 40.2 Å². The maximum atomic E-state index is 12.9. The summed E-state index contributed by atoms with van der Waals surface area (Å²) in [6.07, 6.45) is 2.96. The Morgan fingerprint density at radius 1 is 1.21 bits per heavy atom. The first-order chi connectivity index (χ1) is 13.5. The molecule has 0 aliphatic carbocycles. The summed E-state index contributed by atoms with van der Waals surface area (Å²) in [5.41, 5.74) is 4.06. The van der Waals surface area contributed by atoms with Gasteiger partial charge in [0.25, 0.3) is 5.91 Å². The number of fused-ring (bicyclic) bond motifs is 1. The average molecular weight is 379 g/mol. The van der Waals surface area contributed by atoms with E-state index < -0.39 is 0 Å². The molecule has 0 atom stereocenters. The molecule has 3 heterocycles. The molecule has 0 radical (unpaired) electrons. The van der Waals surface area contributed by atoms with E-state index in [2.05, 4.69) is 17.2 Å². The Bertz CT molecular complexity index is 996. The highest BCUT2D eigenvalue weighted by Gasteiger charge is 2.28. The Morgan fingerprint density at radius 2 is 2.00 bits per heavy atom. The molecule has 0 saturated carbocycles. The molecule has 28 heavy (non-hydrogen) atoms. The van der Waals surface area contributed by atoms with E-state index in [-0.39, 0.29) is 17.7 Å². The van der Waals surface area contributed by atoms with E-state index in [1.165, 1.54) is 5.56 Å². The van der Waals surface area contributed by atoms with E-state index in [9.17, 15) is 9.59 Å². The van der Waals surface area contributed by atoms with Gasteiger partial charge in [-0.3, -0.25) is 9.59 Å². The van der Waals surface area contributed by atoms with Crippen LogP contribution in [0, 0.1) is 19.8 Å². The summed E-state index contributed by atoms with van der Waals surface area (Å²) in [4.78, 5) is 30.5. The molecule has 1 aliphatic rings. The first-order valence-electron chi connectivity index (χ1n) is 9.71. The lowest BCUT2D eigenvalue weighted by Crippen LogP contribution is -2.42. The van der Waals surface area contributed by atoms with Crippen molar-refractivity contribution in [3.8, 4) is 0 Å². The number of H-pyrrole nitrogens is 1. The molecule has 2 amide bonds. The maximum Gasteiger partial charge on any atom is 0.253 e. The standard InChI is InChI=1S/C22H25N3O3/c1-14-15(2)24-20-6-5-17(12-19(14)20)22(27)25-9-7-16(8-10-25)21(26)23-13-18-4-3-11-28-18/h3-6,11-12,16,24H,7-10,13H2,1-2H3,(H,23,26). The van der Waals surface area contributed by atoms with E-state index in [0.29, 0.717) is 38.0 Å². The number of carbonyl (C=O) groups is 2. The molecule has 6 nitrogen and oxygen atoms in total. The van der Waals surface area contributed by atoms with Crippen molar-refractivity contribution in [1.29, 1.82) is 0 Å². The Morgan fingerprint density at radius 3 is 2.71 bits per heavy atom. The first kappa shape index (κ1) is 18.3. The van der Waals surface area contributed by atoms with Gasteiger partial charge in [-0.15, -0.1) is 0 Å². The lowest BCUT2D eigenvalue weighted by Gasteiger charge is -2.31. The van der Waals surface area contributed by atoms with Crippen LogP contribution in [0.15, 0.2) is 41.0 Å². The molecule has 3 aromatic rings. The van der Waals surface area contributed by atoms with Gasteiger partial charge in [-0.25, -0.2) is 0 Å². The zero-order valence-electron chi connectivity index (χ0n) is 16.2. The van der Waals surface area contributed by atoms with E-state index in [1.54, 1.807) is 12.3 Å². The minimum Gasteiger partial charge on any atom is -0.467 e. The largest absolute Gasteiger partial charge is 0.467 e. The van der Waals surface area contributed by atoms with Gasteiger partial charge >= 0.3 is 0 Å². The number of hydrogen-bond donors (Lipinski definition) is 2. The van der Waals surface area contributed by atoms with Crippen molar-refractivity contribution in [2.24, 2.45) is 5.92 Å². The second-order valence-electron chi connectivity index (χ2n) is 7.50. The Hall–Kier alpha value is -3.02. The fourth-order valence-corrected chi connectivity index (χ4v) is 3.85. The van der Waals surface area contributed by atoms with Crippen molar-refractivity contribution in [2.75, 3.05) is 13.1 Å². The molecule has 1 saturated heterocycles. The molecule has 0 bridgehead atoms. The minimum absolute atomic E-state index is 0.0309. The van der Waals surface area contributed by atoms with Gasteiger partial charge < -0.3 is 19.6 Å². The average Bonchev–Trinajstić information content (AvgIpc) is 3.34. The van der Waals surface area contributed by atoms with Crippen LogP contribution in [0.2, 0.25) is 0 Å². The van der Waals surface area contributed by atoms with Gasteiger partial charge in [0.1, 0.15) is 5.76 Å². The molecule has 1 aromatic carbocycles. The summed E-state index contributed by atoms with van der Waals surface area (Å²) in [7, 11) is 0. The third-order valence-corrected chi connectivity index (χ3v) is 5.73. The number of nitrogens with one attached hydrogen (secondary N) is 2. The van der Waals surface area contributed by atoms with Gasteiger partial charge in [0.15, 0.2) is 0 Å². The number of aromatic nitrogens is 1. The molecule has 2 aromatic heterocycles. The normalized spacial score (nSPS) is 15.1. The summed E-state index contributed by atoms with van der Waals surface area (Å²) in [6.45, 7) is 5.70. The second kappa shape index (κ2) is 7.54. The zero-order chi connectivity index (χ0) is 19.7. The molecule has 1 aliphatic heterocycles. The molecule has 2 N–H and O–H groups in total. The van der Waals surface area contributed by atoms with Gasteiger partial charge in [0.05, 0.1) is 12.8 Å². The number of likely N-dealkylation sites (tertiary alicyclic amines) is 1. The zero-order valence-corrected chi connectivity index (χ0v) is 16.2. The number of piperidine rings is 1. The van der Waals surface area contributed by atoms with Gasteiger partial charge in [-0.05, 0) is 62.6 Å². The predicted molar refractivity (Wildman–Crippen MR) is 107 cm³/mol. The second-order valence-corrected chi connectivity index (χ2v) is 7.50. The van der Waals surface area contributed by atoms with Gasteiger partial charge in [0.2, 0.25) is 5.91 Å². The lowest BCUT2D eigenvalue weighted by atomic mass is 9.95. The van der Waals surface area contributed by atoms with Crippen molar-refractivity contribution < 1.29 is 14.0 Å². The van der Waals surface area contributed by atoms with E-state index in [4.69, 9.17) is 4.42 Å². The van der Waals surface area contributed by atoms with Gasteiger partial charge in [-0.2, -0.15) is 0 Å². The Labute approximate surface area is 163 Å². The molecular weight excluding hydrogens is 354 g/mol. The number of benzene rings is 1. The maximum absolute atomic E-state index is 12.9. The summed E-state index contributed by atoms with van der Waals surface area (Å²) < 4.78 is 5.24. The van der Waals surface area contributed by atoms with Crippen molar-refractivity contribution >= 4 is 22.7 Å². The van der Waals surface area contributed by atoms with Crippen LogP contribution in [-0.4, -0.2) is 34.8 Å². The third-order valence-electron chi connectivity index (χ3n) is 5.73. The van der Waals surface area contributed by atoms with Crippen molar-refractivity contribution in [3.05, 3.63) is 59.2 Å². The number of carbonyl (C=O) groups excluding carboxylic acids is 2. The number of amides is 2. The molecule has 0 spiro atoms. The van der Waals surface area contributed by atoms with E-state index in [0.717, 1.165) is 22.4 Å². The summed E-state index contributed by atoms with van der Waals surface area (Å²) in [6, 6.07) is 9.46. The topological polar surface area (TPSA) is 78.3 Å². The first-order valence-corrected chi connectivity index (χ1v) is 9.71. The molecule has 1 fully saturated rings. The van der Waals surface area contributed by atoms with Gasteiger partial charge in [0, 0.05) is 41.2 Å². The Kier molecular flexibility index (Phi) is 4.94. The Balaban J connectivity index is 1.36. The highest BCUT2D eigenvalue weighted by Crippen LogP contribution is 2.24. The molecule has 0 unspecified atom stereocenters. The van der Waals surface area contributed by atoms with Crippen molar-refractivity contribution in [1.82, 2.24) is 15.2 Å². The number of aryl methyl sites for hydroxylation is 2. The molecule has 146 valence electrons. The summed E-state index contributed by atoms with van der Waals surface area (Å²) in [5.74, 6) is 0.751. The van der Waals surface area contributed by atoms with Crippen LogP contribution in [0.25, 0.3) is 10.9 Å². The number of furan rings is 1. The smallest absolute Gasteiger partial charge is 0.253 e. The quantitative estimate of drug-likeness (QED) is 0.728. The fraction of sp³-hybridized carbons (Fsp3) is 0.364. The van der Waals surface area contributed by atoms with Crippen LogP contribution >= 0.6 is 0 Å². The van der Waals surface area contributed by atoms with E-state index in [1.807, 2.05) is 36.1 Å². The third kappa shape index (κ3) is 3.54. The van der Waals surface area contributed by atoms with Crippen molar-refractivity contribution in [3.63, 3.8) is 0 Å². The predicted octanol–water partition coefficient (Wildman–Crippen LogP) is 3.55. The molecule has 4 rings (SSSR count). The molecule has 6 heteroatoms. The number of nitrogens with zero attached hydrogens (tertiary/aromatic N) is 1. The van der Waals surface area contributed by atoms with Crippen LogP contribution in [-0.2, 0) is 11.3 Å². The minimum atomic E-state index is -0.0592. The summed E-state index contributed by atoms with van der Waals surface area (Å²) in [5, 5.41) is 4.01. The number of aromatic amines is 1. The lowest BCUT2D eigenvalue weighted by molar-refractivity contribution is -0.126. The van der Waals surface area contributed by atoms with Crippen LogP contribution < -0.4 is 5.32 Å². The van der Waals surface area contributed by atoms with Gasteiger partial charge in [-0.1, -0.05) is 0 Å². The van der Waals surface area contributed by atoms with E-state index >= 15 is 0 Å². The SMILES string of the molecule is Cc1[nH]c2ccc(C(=O)N3CCC(C(=O)NCc4ccco4)CC3)cc2c1C. The van der Waals surface area contributed by atoms with Crippen LogP contribution in [0.5, 0.6) is 0 Å². The van der Waals surface area contributed by atoms with Crippen LogP contribution in [0.3, 0.4) is 0 Å². The summed E-state index contributed by atoms with van der Waals surface area (Å²) >= 11 is 0. The monoisotopic (exact) mass is 379 g/mol. The van der Waals surface area contributed by atoms with Crippen LogP contribution in [0.4, 0.5) is 0 Å². The molecular formula is C22H25N3O3. The highest BCUT2D eigenvalue weighted by molar-refractivity contribution is 5.99. The number of rotatable bonds is 4. The fourth-order valence-electron chi connectivity index (χ4n) is 3.85. The van der Waals surface area contributed by atoms with Crippen molar-refractivity contribution in [2.45, 2.75) is 33.2 Å². The number of hydrogen-bond acceptors (Lipinski definition) is 3.